The van der Waals surface area contributed by atoms with Crippen molar-refractivity contribution in [2.75, 3.05) is 30.3 Å². The third kappa shape index (κ3) is 4.96. The molecule has 1 heterocycles. The van der Waals surface area contributed by atoms with Crippen molar-refractivity contribution in [2.24, 2.45) is 0 Å². The minimum absolute atomic E-state index is 0. The van der Waals surface area contributed by atoms with Crippen LogP contribution in [0.1, 0.15) is 17.2 Å². The van der Waals surface area contributed by atoms with Gasteiger partial charge in [-0.2, -0.15) is 0 Å². The molecule has 6 heteroatoms. The van der Waals surface area contributed by atoms with Gasteiger partial charge in [0.2, 0.25) is 0 Å². The largest absolute Gasteiger partial charge is 0.371 e. The van der Waals surface area contributed by atoms with Gasteiger partial charge in [0, 0.05) is 24.5 Å². The molecule has 128 valence electrons. The summed E-state index contributed by atoms with van der Waals surface area (Å²) in [4.78, 5) is 12.0. The van der Waals surface area contributed by atoms with Gasteiger partial charge >= 0.3 is 6.03 Å². The minimum Gasteiger partial charge on any atom is -0.371 e. The van der Waals surface area contributed by atoms with E-state index < -0.39 is 0 Å². The summed E-state index contributed by atoms with van der Waals surface area (Å²) in [5, 5.41) is 8.97. The highest BCUT2D eigenvalue weighted by Crippen LogP contribution is 2.21. The number of benzene rings is 2. The summed E-state index contributed by atoms with van der Waals surface area (Å²) >= 11 is 0. The molecule has 0 spiro atoms. The number of hydrogen-bond donors (Lipinski definition) is 3. The van der Waals surface area contributed by atoms with Crippen LogP contribution in [0.5, 0.6) is 0 Å². The Kier molecular flexibility index (Phi) is 6.61. The molecular weight excluding hydrogens is 326 g/mol. The van der Waals surface area contributed by atoms with Gasteiger partial charge in [0.05, 0.1) is 12.7 Å². The van der Waals surface area contributed by atoms with E-state index in [-0.39, 0.29) is 24.5 Å². The van der Waals surface area contributed by atoms with Crippen LogP contribution in [0.2, 0.25) is 0 Å². The number of urea groups is 1. The highest BCUT2D eigenvalue weighted by Gasteiger charge is 2.15. The van der Waals surface area contributed by atoms with Gasteiger partial charge in [0.25, 0.3) is 0 Å². The van der Waals surface area contributed by atoms with E-state index in [1.807, 2.05) is 55.5 Å². The van der Waals surface area contributed by atoms with Crippen LogP contribution in [0.25, 0.3) is 0 Å². The highest BCUT2D eigenvalue weighted by molar-refractivity contribution is 5.99. The summed E-state index contributed by atoms with van der Waals surface area (Å²) in [6, 6.07) is 15.2. The van der Waals surface area contributed by atoms with E-state index in [1.54, 1.807) is 0 Å². The summed E-state index contributed by atoms with van der Waals surface area (Å²) in [6.07, 6.45) is 0.0823. The molecule has 2 aromatic rings. The van der Waals surface area contributed by atoms with Crippen LogP contribution in [-0.4, -0.2) is 25.7 Å². The predicted octanol–water partition coefficient (Wildman–Crippen LogP) is 3.72. The zero-order valence-electron chi connectivity index (χ0n) is 13.5. The summed E-state index contributed by atoms with van der Waals surface area (Å²) in [5.41, 5.74) is 3.75. The van der Waals surface area contributed by atoms with Crippen LogP contribution < -0.4 is 16.0 Å². The van der Waals surface area contributed by atoms with Crippen molar-refractivity contribution in [1.82, 2.24) is 5.32 Å². The summed E-state index contributed by atoms with van der Waals surface area (Å²) in [6.45, 7) is 4.43. The normalized spacial score (nSPS) is 16.8. The number of amides is 2. The molecule has 3 N–H and O–H groups in total. The number of halogens is 1. The maximum absolute atomic E-state index is 12.0. The van der Waals surface area contributed by atoms with E-state index >= 15 is 0 Å². The molecule has 2 aromatic carbocycles. The van der Waals surface area contributed by atoms with Gasteiger partial charge in [-0.1, -0.05) is 24.3 Å². The SMILES string of the molecule is Cc1cccc(NC(=O)Nc2ccc(C3CNCCO3)cc2)c1.Cl. The molecule has 24 heavy (non-hydrogen) atoms. The van der Waals surface area contributed by atoms with E-state index in [2.05, 4.69) is 16.0 Å². The standard InChI is InChI=1S/C18H21N3O2.ClH/c1-13-3-2-4-16(11-13)21-18(22)20-15-7-5-14(6-8-15)17-12-19-9-10-23-17;/h2-8,11,17,19H,9-10,12H2,1H3,(H2,20,21,22);1H. The first-order chi connectivity index (χ1) is 11.2. The minimum atomic E-state index is -0.251. The molecule has 1 aliphatic heterocycles. The molecular formula is C18H22ClN3O2. The van der Waals surface area contributed by atoms with Crippen molar-refractivity contribution in [3.05, 3.63) is 59.7 Å². The third-order valence-corrected chi connectivity index (χ3v) is 3.74. The maximum Gasteiger partial charge on any atom is 0.323 e. The predicted molar refractivity (Wildman–Crippen MR) is 99.1 cm³/mol. The van der Waals surface area contributed by atoms with Gasteiger partial charge in [-0.25, -0.2) is 4.79 Å². The lowest BCUT2D eigenvalue weighted by Gasteiger charge is -2.24. The number of carbonyl (C=O) groups excluding carboxylic acids is 1. The van der Waals surface area contributed by atoms with Crippen molar-refractivity contribution < 1.29 is 9.53 Å². The van der Waals surface area contributed by atoms with Crippen molar-refractivity contribution in [3.8, 4) is 0 Å². The molecule has 5 nitrogen and oxygen atoms in total. The second-order valence-corrected chi connectivity index (χ2v) is 5.63. The van der Waals surface area contributed by atoms with E-state index in [0.29, 0.717) is 0 Å². The maximum atomic E-state index is 12.0. The lowest BCUT2D eigenvalue weighted by atomic mass is 10.1. The average Bonchev–Trinajstić information content (AvgIpc) is 2.56. The van der Waals surface area contributed by atoms with Gasteiger partial charge in [-0.3, -0.25) is 0 Å². The lowest BCUT2D eigenvalue weighted by molar-refractivity contribution is 0.0277. The second-order valence-electron chi connectivity index (χ2n) is 5.63. The summed E-state index contributed by atoms with van der Waals surface area (Å²) in [7, 11) is 0. The molecule has 3 rings (SSSR count). The molecule has 1 fully saturated rings. The fraction of sp³-hybridized carbons (Fsp3) is 0.278. The number of aryl methyl sites for hydroxylation is 1. The topological polar surface area (TPSA) is 62.4 Å². The second kappa shape index (κ2) is 8.68. The lowest BCUT2D eigenvalue weighted by Crippen LogP contribution is -2.33. The molecule has 1 aliphatic rings. The van der Waals surface area contributed by atoms with Crippen molar-refractivity contribution >= 4 is 29.8 Å². The summed E-state index contributed by atoms with van der Waals surface area (Å²) < 4.78 is 5.71. The van der Waals surface area contributed by atoms with Crippen LogP contribution in [-0.2, 0) is 4.74 Å². The Bertz CT molecular complexity index is 670. The van der Waals surface area contributed by atoms with Crippen molar-refractivity contribution in [2.45, 2.75) is 13.0 Å². The van der Waals surface area contributed by atoms with Gasteiger partial charge in [0.15, 0.2) is 0 Å². The molecule has 2 amide bonds. The Morgan fingerprint density at radius 2 is 1.88 bits per heavy atom. The molecule has 0 aromatic heterocycles. The van der Waals surface area contributed by atoms with Crippen LogP contribution in [0.15, 0.2) is 48.5 Å². The molecule has 1 saturated heterocycles. The van der Waals surface area contributed by atoms with E-state index in [4.69, 9.17) is 4.74 Å². The van der Waals surface area contributed by atoms with Crippen LogP contribution in [0.4, 0.5) is 16.2 Å². The number of anilines is 2. The van der Waals surface area contributed by atoms with E-state index in [0.717, 1.165) is 42.2 Å². The zero-order chi connectivity index (χ0) is 16.1. The summed E-state index contributed by atoms with van der Waals surface area (Å²) in [5.74, 6) is 0. The van der Waals surface area contributed by atoms with Gasteiger partial charge in [-0.05, 0) is 42.3 Å². The Morgan fingerprint density at radius 1 is 1.12 bits per heavy atom. The van der Waals surface area contributed by atoms with Gasteiger partial charge in [-0.15, -0.1) is 12.4 Å². The number of ether oxygens (including phenoxy) is 1. The first-order valence-corrected chi connectivity index (χ1v) is 7.78. The first-order valence-electron chi connectivity index (χ1n) is 7.78. The van der Waals surface area contributed by atoms with E-state index in [9.17, 15) is 4.79 Å². The fourth-order valence-electron chi connectivity index (χ4n) is 2.58. The molecule has 0 radical (unpaired) electrons. The highest BCUT2D eigenvalue weighted by atomic mass is 35.5. The number of rotatable bonds is 3. The Hall–Kier alpha value is -2.08. The molecule has 0 bridgehead atoms. The fourth-order valence-corrected chi connectivity index (χ4v) is 2.58. The van der Waals surface area contributed by atoms with Gasteiger partial charge < -0.3 is 20.7 Å². The monoisotopic (exact) mass is 347 g/mol. The van der Waals surface area contributed by atoms with Crippen LogP contribution in [0.3, 0.4) is 0 Å². The van der Waals surface area contributed by atoms with Gasteiger partial charge in [0.1, 0.15) is 0 Å². The van der Waals surface area contributed by atoms with Crippen LogP contribution in [0, 0.1) is 6.92 Å². The van der Waals surface area contributed by atoms with E-state index in [1.165, 1.54) is 0 Å². The molecule has 0 saturated carbocycles. The number of hydrogen-bond acceptors (Lipinski definition) is 3. The quantitative estimate of drug-likeness (QED) is 0.793. The van der Waals surface area contributed by atoms with Crippen LogP contribution >= 0.6 is 12.4 Å². The number of nitrogens with one attached hydrogen (secondary N) is 3. The Morgan fingerprint density at radius 3 is 2.54 bits per heavy atom. The van der Waals surface area contributed by atoms with Crippen molar-refractivity contribution in [3.63, 3.8) is 0 Å². The number of morpholine rings is 1. The number of carbonyl (C=O) groups is 1. The molecule has 1 unspecified atom stereocenters. The Balaban J connectivity index is 0.00000208. The molecule has 1 atom stereocenters. The van der Waals surface area contributed by atoms with Crippen molar-refractivity contribution in [1.29, 1.82) is 0 Å². The molecule has 0 aliphatic carbocycles. The average molecular weight is 348 g/mol. The zero-order valence-corrected chi connectivity index (χ0v) is 14.4. The third-order valence-electron chi connectivity index (χ3n) is 3.74. The smallest absolute Gasteiger partial charge is 0.323 e. The Labute approximate surface area is 148 Å². The first kappa shape index (κ1) is 18.3.